The third kappa shape index (κ3) is 3.39. The van der Waals surface area contributed by atoms with Gasteiger partial charge in [0.1, 0.15) is 6.04 Å². The van der Waals surface area contributed by atoms with E-state index in [1.165, 1.54) is 4.90 Å². The summed E-state index contributed by atoms with van der Waals surface area (Å²) in [4.78, 5) is 13.2. The topological polar surface area (TPSA) is 82.1 Å². The maximum Gasteiger partial charge on any atom is 0.244 e. The number of hydrogen-bond donors (Lipinski definition) is 2. The van der Waals surface area contributed by atoms with E-state index >= 15 is 0 Å². The predicted molar refractivity (Wildman–Crippen MR) is 72.0 cm³/mol. The van der Waals surface area contributed by atoms with Gasteiger partial charge in [-0.25, -0.2) is 0 Å². The molecule has 1 aromatic rings. The van der Waals surface area contributed by atoms with Gasteiger partial charge in [0, 0.05) is 25.5 Å². The molecule has 18 heavy (non-hydrogen) atoms. The molecule has 0 saturated carbocycles. The summed E-state index contributed by atoms with van der Waals surface area (Å²) in [5.41, 5.74) is 7.91. The highest BCUT2D eigenvalue weighted by molar-refractivity contribution is 5.84. The van der Waals surface area contributed by atoms with Crippen molar-refractivity contribution in [2.24, 2.45) is 0 Å². The summed E-state index contributed by atoms with van der Waals surface area (Å²) in [6.07, 6.45) is 0.261. The number of rotatable bonds is 4. The van der Waals surface area contributed by atoms with Gasteiger partial charge in [-0.1, -0.05) is 0 Å². The van der Waals surface area contributed by atoms with Gasteiger partial charge in [-0.2, -0.15) is 5.26 Å². The molecule has 0 bridgehead atoms. The average Bonchev–Trinajstić information content (AvgIpc) is 2.32. The van der Waals surface area contributed by atoms with Crippen molar-refractivity contribution in [2.45, 2.75) is 19.4 Å². The Balaban J connectivity index is 2.83. The minimum atomic E-state index is -0.321. The summed E-state index contributed by atoms with van der Waals surface area (Å²) in [6.45, 7) is 1.79. The predicted octanol–water partition coefficient (Wildman–Crippen LogP) is 1.22. The number of anilines is 2. The van der Waals surface area contributed by atoms with Crippen LogP contribution in [0.15, 0.2) is 18.2 Å². The Morgan fingerprint density at radius 2 is 2.22 bits per heavy atom. The van der Waals surface area contributed by atoms with E-state index < -0.39 is 0 Å². The van der Waals surface area contributed by atoms with Gasteiger partial charge in [-0.15, -0.1) is 0 Å². The lowest BCUT2D eigenvalue weighted by Crippen LogP contribution is -2.36. The highest BCUT2D eigenvalue weighted by atomic mass is 16.2. The van der Waals surface area contributed by atoms with Gasteiger partial charge in [0.15, 0.2) is 0 Å². The first-order chi connectivity index (χ1) is 8.45. The van der Waals surface area contributed by atoms with E-state index in [0.29, 0.717) is 5.69 Å². The number of hydrogen-bond acceptors (Lipinski definition) is 4. The standard InChI is InChI=1S/C13H18N4O/c1-9(13(18)17(2)3)16-11-4-5-12(15)10(8-11)6-7-14/h4-5,8-9,16H,6,15H2,1-3H3. The minimum Gasteiger partial charge on any atom is -0.398 e. The van der Waals surface area contributed by atoms with Crippen molar-refractivity contribution in [2.75, 3.05) is 25.1 Å². The Hall–Kier alpha value is -2.22. The van der Waals surface area contributed by atoms with Crippen LogP contribution < -0.4 is 11.1 Å². The average molecular weight is 246 g/mol. The molecule has 1 amide bonds. The number of nitriles is 1. The maximum atomic E-state index is 11.7. The van der Waals surface area contributed by atoms with Crippen molar-refractivity contribution < 1.29 is 4.79 Å². The molecule has 0 radical (unpaired) electrons. The van der Waals surface area contributed by atoms with Crippen LogP contribution in [0.1, 0.15) is 12.5 Å². The van der Waals surface area contributed by atoms with Crippen LogP contribution in [0.2, 0.25) is 0 Å². The second kappa shape index (κ2) is 5.92. The Morgan fingerprint density at radius 3 is 2.78 bits per heavy atom. The first kappa shape index (κ1) is 13.8. The summed E-state index contributed by atoms with van der Waals surface area (Å²) < 4.78 is 0. The second-order valence-corrected chi connectivity index (χ2v) is 4.35. The molecule has 3 N–H and O–H groups in total. The molecular formula is C13H18N4O. The molecule has 0 spiro atoms. The lowest BCUT2D eigenvalue weighted by atomic mass is 10.1. The van der Waals surface area contributed by atoms with E-state index in [0.717, 1.165) is 11.3 Å². The van der Waals surface area contributed by atoms with Crippen molar-refractivity contribution in [1.29, 1.82) is 5.26 Å². The van der Waals surface area contributed by atoms with Gasteiger partial charge in [0.05, 0.1) is 12.5 Å². The van der Waals surface area contributed by atoms with Gasteiger partial charge in [0.2, 0.25) is 5.91 Å². The monoisotopic (exact) mass is 246 g/mol. The quantitative estimate of drug-likeness (QED) is 0.783. The van der Waals surface area contributed by atoms with Gasteiger partial charge in [-0.3, -0.25) is 4.79 Å². The molecule has 0 aromatic heterocycles. The summed E-state index contributed by atoms with van der Waals surface area (Å²) >= 11 is 0. The molecule has 0 saturated heterocycles. The Kier molecular flexibility index (Phi) is 4.55. The van der Waals surface area contributed by atoms with Crippen molar-refractivity contribution in [1.82, 2.24) is 4.90 Å². The molecule has 96 valence electrons. The lowest BCUT2D eigenvalue weighted by molar-refractivity contribution is -0.129. The van der Waals surface area contributed by atoms with Crippen LogP contribution in [0.5, 0.6) is 0 Å². The van der Waals surface area contributed by atoms with Crippen LogP contribution in [0.3, 0.4) is 0 Å². The van der Waals surface area contributed by atoms with E-state index in [1.54, 1.807) is 39.2 Å². The fourth-order valence-corrected chi connectivity index (χ4v) is 1.63. The zero-order chi connectivity index (χ0) is 13.7. The number of carbonyl (C=O) groups is 1. The summed E-state index contributed by atoms with van der Waals surface area (Å²) in [6, 6.07) is 7.09. The molecule has 1 unspecified atom stereocenters. The first-order valence-corrected chi connectivity index (χ1v) is 5.68. The molecular weight excluding hydrogens is 228 g/mol. The normalized spacial score (nSPS) is 11.4. The molecule has 0 aliphatic heterocycles. The van der Waals surface area contributed by atoms with Crippen LogP contribution in [0.25, 0.3) is 0 Å². The van der Waals surface area contributed by atoms with Gasteiger partial charge in [-0.05, 0) is 30.7 Å². The number of nitrogens with one attached hydrogen (secondary N) is 1. The van der Waals surface area contributed by atoms with Crippen molar-refractivity contribution >= 4 is 17.3 Å². The number of likely N-dealkylation sites (N-methyl/N-ethyl adjacent to an activating group) is 1. The smallest absolute Gasteiger partial charge is 0.244 e. The number of nitrogen functional groups attached to an aromatic ring is 1. The molecule has 5 heteroatoms. The van der Waals surface area contributed by atoms with Gasteiger partial charge in [0.25, 0.3) is 0 Å². The van der Waals surface area contributed by atoms with Crippen molar-refractivity contribution in [3.63, 3.8) is 0 Å². The number of nitrogens with zero attached hydrogens (tertiary/aromatic N) is 2. The van der Waals surface area contributed by atoms with Crippen molar-refractivity contribution in [3.8, 4) is 6.07 Å². The molecule has 0 aliphatic rings. The number of carbonyl (C=O) groups excluding carboxylic acids is 1. The first-order valence-electron chi connectivity index (χ1n) is 5.68. The number of nitrogens with two attached hydrogens (primary N) is 1. The van der Waals surface area contributed by atoms with E-state index in [9.17, 15) is 4.79 Å². The molecule has 0 fully saturated rings. The lowest BCUT2D eigenvalue weighted by Gasteiger charge is -2.19. The van der Waals surface area contributed by atoms with E-state index in [-0.39, 0.29) is 18.4 Å². The largest absolute Gasteiger partial charge is 0.398 e. The van der Waals surface area contributed by atoms with Crippen molar-refractivity contribution in [3.05, 3.63) is 23.8 Å². The molecule has 0 aliphatic carbocycles. The Labute approximate surface area is 107 Å². The highest BCUT2D eigenvalue weighted by Gasteiger charge is 2.14. The molecule has 1 aromatic carbocycles. The second-order valence-electron chi connectivity index (χ2n) is 4.35. The SMILES string of the molecule is CC(Nc1ccc(N)c(CC#N)c1)C(=O)N(C)C. The number of amides is 1. The summed E-state index contributed by atoms with van der Waals surface area (Å²) in [5, 5.41) is 11.8. The third-order valence-electron chi connectivity index (χ3n) is 2.61. The summed E-state index contributed by atoms with van der Waals surface area (Å²) in [5.74, 6) is -0.00587. The number of benzene rings is 1. The fourth-order valence-electron chi connectivity index (χ4n) is 1.63. The van der Waals surface area contributed by atoms with E-state index in [2.05, 4.69) is 11.4 Å². The summed E-state index contributed by atoms with van der Waals surface area (Å²) in [7, 11) is 3.43. The van der Waals surface area contributed by atoms with Gasteiger partial charge < -0.3 is 16.0 Å². The molecule has 0 heterocycles. The van der Waals surface area contributed by atoms with Crippen LogP contribution in [0.4, 0.5) is 11.4 Å². The zero-order valence-electron chi connectivity index (χ0n) is 10.9. The Bertz CT molecular complexity index is 476. The fraction of sp³-hybridized carbons (Fsp3) is 0.385. The molecule has 1 atom stereocenters. The zero-order valence-corrected chi connectivity index (χ0v) is 10.9. The maximum absolute atomic E-state index is 11.7. The van der Waals surface area contributed by atoms with Crippen LogP contribution in [-0.2, 0) is 11.2 Å². The molecule has 1 rings (SSSR count). The van der Waals surface area contributed by atoms with E-state index in [4.69, 9.17) is 11.0 Å². The van der Waals surface area contributed by atoms with Gasteiger partial charge >= 0.3 is 0 Å². The van der Waals surface area contributed by atoms with Crippen LogP contribution in [-0.4, -0.2) is 30.9 Å². The minimum absolute atomic E-state index is 0.00587. The van der Waals surface area contributed by atoms with Crippen LogP contribution in [0, 0.1) is 11.3 Å². The van der Waals surface area contributed by atoms with E-state index in [1.807, 2.05) is 0 Å². The highest BCUT2D eigenvalue weighted by Crippen LogP contribution is 2.19. The Morgan fingerprint density at radius 1 is 1.56 bits per heavy atom. The third-order valence-corrected chi connectivity index (χ3v) is 2.61. The van der Waals surface area contributed by atoms with Crippen LogP contribution >= 0.6 is 0 Å². The molecule has 5 nitrogen and oxygen atoms in total.